The van der Waals surface area contributed by atoms with Gasteiger partial charge in [-0.15, -0.1) is 0 Å². The lowest BCUT2D eigenvalue weighted by Gasteiger charge is -2.24. The summed E-state index contributed by atoms with van der Waals surface area (Å²) in [6.45, 7) is 0. The van der Waals surface area contributed by atoms with Crippen LogP contribution >= 0.6 is 12.2 Å². The largest absolute Gasteiger partial charge is 0.388 e. The van der Waals surface area contributed by atoms with Gasteiger partial charge in [-0.25, -0.2) is 9.97 Å². The maximum atomic E-state index is 5.48. The van der Waals surface area contributed by atoms with Crippen molar-refractivity contribution in [1.82, 2.24) is 9.97 Å². The van der Waals surface area contributed by atoms with E-state index in [-0.39, 0.29) is 0 Å². The lowest BCUT2D eigenvalue weighted by Crippen LogP contribution is -2.29. The Labute approximate surface area is 101 Å². The summed E-state index contributed by atoms with van der Waals surface area (Å²) in [5, 5.41) is 0. The summed E-state index contributed by atoms with van der Waals surface area (Å²) in [6, 6.07) is 0.602. The molecule has 5 heteroatoms. The molecule has 2 rings (SSSR count). The van der Waals surface area contributed by atoms with E-state index in [0.29, 0.717) is 16.7 Å². The fourth-order valence-corrected chi connectivity index (χ4v) is 2.21. The lowest BCUT2D eigenvalue weighted by molar-refractivity contribution is 0.645. The SMILES string of the molecule is CN(c1cnc(C(N)=S)cn1)C1CCCC1. The quantitative estimate of drug-likeness (QED) is 0.806. The summed E-state index contributed by atoms with van der Waals surface area (Å²) < 4.78 is 0. The molecule has 1 aliphatic carbocycles. The van der Waals surface area contributed by atoms with E-state index in [4.69, 9.17) is 18.0 Å². The number of anilines is 1. The summed E-state index contributed by atoms with van der Waals surface area (Å²) in [6.07, 6.45) is 8.50. The van der Waals surface area contributed by atoms with Crippen LogP contribution in [0.2, 0.25) is 0 Å². The second-order valence-corrected chi connectivity index (χ2v) is 4.61. The van der Waals surface area contributed by atoms with Gasteiger partial charge in [0.1, 0.15) is 16.5 Å². The Kier molecular flexibility index (Phi) is 3.33. The number of nitrogens with two attached hydrogens (primary N) is 1. The van der Waals surface area contributed by atoms with Crippen LogP contribution in [0.1, 0.15) is 31.4 Å². The fraction of sp³-hybridized carbons (Fsp3) is 0.545. The van der Waals surface area contributed by atoms with Gasteiger partial charge in [-0.05, 0) is 12.8 Å². The first-order valence-electron chi connectivity index (χ1n) is 5.53. The monoisotopic (exact) mass is 236 g/mol. The molecular weight excluding hydrogens is 220 g/mol. The number of hydrogen-bond acceptors (Lipinski definition) is 4. The molecule has 0 unspecified atom stereocenters. The van der Waals surface area contributed by atoms with Crippen molar-refractivity contribution in [3.05, 3.63) is 18.1 Å². The van der Waals surface area contributed by atoms with Gasteiger partial charge in [0.15, 0.2) is 0 Å². The van der Waals surface area contributed by atoms with Crippen molar-refractivity contribution in [2.45, 2.75) is 31.7 Å². The van der Waals surface area contributed by atoms with Crippen molar-refractivity contribution in [3.63, 3.8) is 0 Å². The first-order chi connectivity index (χ1) is 7.68. The van der Waals surface area contributed by atoms with E-state index in [0.717, 1.165) is 5.82 Å². The molecule has 0 atom stereocenters. The molecule has 86 valence electrons. The van der Waals surface area contributed by atoms with E-state index in [2.05, 4.69) is 21.9 Å². The minimum Gasteiger partial charge on any atom is -0.388 e. The van der Waals surface area contributed by atoms with Gasteiger partial charge in [-0.3, -0.25) is 0 Å². The Morgan fingerprint density at radius 1 is 1.38 bits per heavy atom. The van der Waals surface area contributed by atoms with Gasteiger partial charge in [0.05, 0.1) is 12.4 Å². The van der Waals surface area contributed by atoms with E-state index in [1.54, 1.807) is 12.4 Å². The molecule has 0 bridgehead atoms. The first kappa shape index (κ1) is 11.3. The van der Waals surface area contributed by atoms with Gasteiger partial charge in [-0.1, -0.05) is 25.1 Å². The minimum absolute atomic E-state index is 0.294. The van der Waals surface area contributed by atoms with Crippen molar-refractivity contribution < 1.29 is 0 Å². The zero-order chi connectivity index (χ0) is 11.5. The van der Waals surface area contributed by atoms with Crippen LogP contribution < -0.4 is 10.6 Å². The van der Waals surface area contributed by atoms with Crippen molar-refractivity contribution in [2.75, 3.05) is 11.9 Å². The number of hydrogen-bond donors (Lipinski definition) is 1. The molecule has 4 nitrogen and oxygen atoms in total. The lowest BCUT2D eigenvalue weighted by atomic mass is 10.2. The van der Waals surface area contributed by atoms with Crippen LogP contribution in [0.25, 0.3) is 0 Å². The Hall–Kier alpha value is -1.23. The standard InChI is InChI=1S/C11H16N4S/c1-15(8-4-2-3-5-8)10-7-13-9(6-14-10)11(12)16/h6-8H,2-5H2,1H3,(H2,12,16). The Morgan fingerprint density at radius 3 is 2.56 bits per heavy atom. The summed E-state index contributed by atoms with van der Waals surface area (Å²) in [7, 11) is 2.07. The molecule has 1 heterocycles. The molecular formula is C11H16N4S. The third-order valence-electron chi connectivity index (χ3n) is 3.12. The Balaban J connectivity index is 2.11. The molecule has 16 heavy (non-hydrogen) atoms. The van der Waals surface area contributed by atoms with E-state index in [1.165, 1.54) is 25.7 Å². The number of nitrogens with zero attached hydrogens (tertiary/aromatic N) is 3. The van der Waals surface area contributed by atoms with Crippen LogP contribution in [0.5, 0.6) is 0 Å². The highest BCUT2D eigenvalue weighted by Gasteiger charge is 2.20. The second kappa shape index (κ2) is 4.74. The van der Waals surface area contributed by atoms with Crippen LogP contribution in [-0.2, 0) is 0 Å². The highest BCUT2D eigenvalue weighted by atomic mass is 32.1. The van der Waals surface area contributed by atoms with E-state index >= 15 is 0 Å². The molecule has 2 N–H and O–H groups in total. The van der Waals surface area contributed by atoms with Crippen molar-refractivity contribution in [1.29, 1.82) is 0 Å². The van der Waals surface area contributed by atoms with Crippen molar-refractivity contribution in [2.24, 2.45) is 5.73 Å². The average molecular weight is 236 g/mol. The predicted octanol–water partition coefficient (Wildman–Crippen LogP) is 1.49. The average Bonchev–Trinajstić information content (AvgIpc) is 2.81. The van der Waals surface area contributed by atoms with E-state index < -0.39 is 0 Å². The molecule has 0 aliphatic heterocycles. The zero-order valence-corrected chi connectivity index (χ0v) is 10.2. The zero-order valence-electron chi connectivity index (χ0n) is 9.39. The Bertz CT molecular complexity index is 370. The van der Waals surface area contributed by atoms with Gasteiger partial charge in [-0.2, -0.15) is 0 Å². The molecule has 0 spiro atoms. The second-order valence-electron chi connectivity index (χ2n) is 4.17. The van der Waals surface area contributed by atoms with Crippen LogP contribution in [0, 0.1) is 0 Å². The molecule has 1 saturated carbocycles. The topological polar surface area (TPSA) is 55.0 Å². The van der Waals surface area contributed by atoms with Gasteiger partial charge in [0, 0.05) is 13.1 Å². The van der Waals surface area contributed by atoms with Gasteiger partial charge in [0.25, 0.3) is 0 Å². The van der Waals surface area contributed by atoms with Crippen LogP contribution in [-0.4, -0.2) is 28.0 Å². The predicted molar refractivity (Wildman–Crippen MR) is 68.6 cm³/mol. The highest BCUT2D eigenvalue weighted by molar-refractivity contribution is 7.80. The molecule has 0 saturated heterocycles. The third kappa shape index (κ3) is 2.29. The fourth-order valence-electron chi connectivity index (χ4n) is 2.11. The molecule has 0 amide bonds. The first-order valence-corrected chi connectivity index (χ1v) is 5.94. The number of aromatic nitrogens is 2. The summed E-state index contributed by atoms with van der Waals surface area (Å²) in [5.41, 5.74) is 6.06. The smallest absolute Gasteiger partial charge is 0.147 e. The normalized spacial score (nSPS) is 16.3. The maximum absolute atomic E-state index is 5.48. The third-order valence-corrected chi connectivity index (χ3v) is 3.33. The van der Waals surface area contributed by atoms with Crippen molar-refractivity contribution >= 4 is 23.0 Å². The van der Waals surface area contributed by atoms with Crippen molar-refractivity contribution in [3.8, 4) is 0 Å². The van der Waals surface area contributed by atoms with Crippen LogP contribution in [0.15, 0.2) is 12.4 Å². The maximum Gasteiger partial charge on any atom is 0.147 e. The molecule has 0 aromatic carbocycles. The Morgan fingerprint density at radius 2 is 2.06 bits per heavy atom. The number of thiocarbonyl (C=S) groups is 1. The van der Waals surface area contributed by atoms with Gasteiger partial charge < -0.3 is 10.6 Å². The molecule has 1 aromatic rings. The number of rotatable bonds is 3. The minimum atomic E-state index is 0.294. The van der Waals surface area contributed by atoms with E-state index in [1.807, 2.05) is 0 Å². The highest BCUT2D eigenvalue weighted by Crippen LogP contribution is 2.25. The van der Waals surface area contributed by atoms with Crippen LogP contribution in [0.3, 0.4) is 0 Å². The molecule has 0 radical (unpaired) electrons. The summed E-state index contributed by atoms with van der Waals surface area (Å²) in [5.74, 6) is 0.895. The molecule has 1 aliphatic rings. The van der Waals surface area contributed by atoms with Crippen LogP contribution in [0.4, 0.5) is 5.82 Å². The van der Waals surface area contributed by atoms with Gasteiger partial charge >= 0.3 is 0 Å². The van der Waals surface area contributed by atoms with E-state index in [9.17, 15) is 0 Å². The van der Waals surface area contributed by atoms with Gasteiger partial charge in [0.2, 0.25) is 0 Å². The molecule has 1 fully saturated rings. The summed E-state index contributed by atoms with van der Waals surface area (Å²) >= 11 is 4.84. The molecule has 1 aromatic heterocycles. The summed E-state index contributed by atoms with van der Waals surface area (Å²) in [4.78, 5) is 11.0.